The molecule has 1 aromatic carbocycles. The van der Waals surface area contributed by atoms with E-state index >= 15 is 0 Å². The van der Waals surface area contributed by atoms with Gasteiger partial charge in [0.15, 0.2) is 0 Å². The summed E-state index contributed by atoms with van der Waals surface area (Å²) < 4.78 is 5.34. The Morgan fingerprint density at radius 3 is 2.91 bits per heavy atom. The number of carbonyl (C=O) groups is 1. The van der Waals surface area contributed by atoms with Gasteiger partial charge in [-0.05, 0) is 42.3 Å². The number of aromatic nitrogens is 2. The number of hydrogen-bond donors (Lipinski definition) is 2. The predicted octanol–water partition coefficient (Wildman–Crippen LogP) is 2.92. The molecule has 5 nitrogen and oxygen atoms in total. The second-order valence-electron chi connectivity index (χ2n) is 5.36. The van der Waals surface area contributed by atoms with Gasteiger partial charge in [-0.25, -0.2) is 0 Å². The van der Waals surface area contributed by atoms with E-state index in [1.807, 2.05) is 36.5 Å². The van der Waals surface area contributed by atoms with Crippen molar-refractivity contribution in [3.8, 4) is 17.0 Å². The summed E-state index contributed by atoms with van der Waals surface area (Å²) in [7, 11) is 1.66. The van der Waals surface area contributed by atoms with Gasteiger partial charge in [-0.15, -0.1) is 0 Å². The molecule has 0 aliphatic heterocycles. The van der Waals surface area contributed by atoms with E-state index in [1.165, 1.54) is 6.92 Å². The molecular weight excluding hydrogens is 290 g/mol. The summed E-state index contributed by atoms with van der Waals surface area (Å²) in [5.74, 6) is 0.792. The van der Waals surface area contributed by atoms with Crippen LogP contribution in [0.5, 0.6) is 5.75 Å². The van der Waals surface area contributed by atoms with E-state index in [2.05, 4.69) is 15.3 Å². The number of nitrogens with zero attached hydrogens (tertiary/aromatic N) is 1. The van der Waals surface area contributed by atoms with Gasteiger partial charge in [0, 0.05) is 42.3 Å². The van der Waals surface area contributed by atoms with E-state index in [0.29, 0.717) is 6.54 Å². The molecule has 0 aliphatic carbocycles. The van der Waals surface area contributed by atoms with Crippen molar-refractivity contribution in [2.45, 2.75) is 13.3 Å². The van der Waals surface area contributed by atoms with E-state index in [0.717, 1.165) is 39.9 Å². The maximum absolute atomic E-state index is 11.1. The minimum atomic E-state index is -0.0228. The van der Waals surface area contributed by atoms with Crippen LogP contribution in [0.1, 0.15) is 12.5 Å². The number of rotatable bonds is 5. The lowest BCUT2D eigenvalue weighted by molar-refractivity contribution is -0.118. The highest BCUT2D eigenvalue weighted by Gasteiger charge is 2.14. The number of benzene rings is 1. The number of ether oxygens (including phenoxy) is 1. The molecule has 0 atom stereocenters. The summed E-state index contributed by atoms with van der Waals surface area (Å²) in [5.41, 5.74) is 4.26. The van der Waals surface area contributed by atoms with Crippen molar-refractivity contribution in [1.82, 2.24) is 15.3 Å². The summed E-state index contributed by atoms with van der Waals surface area (Å²) >= 11 is 0. The molecule has 3 aromatic rings. The lowest BCUT2D eigenvalue weighted by Crippen LogP contribution is -2.22. The Morgan fingerprint density at radius 1 is 1.35 bits per heavy atom. The Bertz CT molecular complexity index is 825. The summed E-state index contributed by atoms with van der Waals surface area (Å²) in [4.78, 5) is 18.8. The van der Waals surface area contributed by atoms with Crippen molar-refractivity contribution in [1.29, 1.82) is 0 Å². The number of methoxy groups -OCH3 is 1. The number of amides is 1. The Kier molecular flexibility index (Phi) is 4.28. The SMILES string of the molecule is COc1ccc2[nH]c(-c3cccnc3)c(CCNC(C)=O)c2c1. The zero-order chi connectivity index (χ0) is 16.2. The van der Waals surface area contributed by atoms with Crippen LogP contribution < -0.4 is 10.1 Å². The van der Waals surface area contributed by atoms with E-state index < -0.39 is 0 Å². The number of aromatic amines is 1. The third-order valence-corrected chi connectivity index (χ3v) is 3.81. The van der Waals surface area contributed by atoms with Crippen molar-refractivity contribution in [2.24, 2.45) is 0 Å². The zero-order valence-electron chi connectivity index (χ0n) is 13.2. The molecule has 0 fully saturated rings. The zero-order valence-corrected chi connectivity index (χ0v) is 13.2. The molecular formula is C18H19N3O2. The van der Waals surface area contributed by atoms with Gasteiger partial charge < -0.3 is 15.0 Å². The van der Waals surface area contributed by atoms with Gasteiger partial charge in [0.25, 0.3) is 0 Å². The topological polar surface area (TPSA) is 67.0 Å². The van der Waals surface area contributed by atoms with Crippen molar-refractivity contribution in [3.63, 3.8) is 0 Å². The number of nitrogens with one attached hydrogen (secondary N) is 2. The van der Waals surface area contributed by atoms with Gasteiger partial charge in [-0.3, -0.25) is 9.78 Å². The van der Waals surface area contributed by atoms with Crippen molar-refractivity contribution in [2.75, 3.05) is 13.7 Å². The number of pyridine rings is 1. The minimum absolute atomic E-state index is 0.0228. The quantitative estimate of drug-likeness (QED) is 0.761. The highest BCUT2D eigenvalue weighted by molar-refractivity contribution is 5.91. The van der Waals surface area contributed by atoms with Crippen LogP contribution in [-0.4, -0.2) is 29.5 Å². The molecule has 118 valence electrons. The Morgan fingerprint density at radius 2 is 2.22 bits per heavy atom. The number of hydrogen-bond acceptors (Lipinski definition) is 3. The second kappa shape index (κ2) is 6.52. The van der Waals surface area contributed by atoms with Gasteiger partial charge >= 0.3 is 0 Å². The molecule has 0 saturated carbocycles. The molecule has 5 heteroatoms. The summed E-state index contributed by atoms with van der Waals surface area (Å²) in [5, 5.41) is 3.96. The smallest absolute Gasteiger partial charge is 0.216 e. The first kappa shape index (κ1) is 15.1. The monoisotopic (exact) mass is 309 g/mol. The second-order valence-corrected chi connectivity index (χ2v) is 5.36. The van der Waals surface area contributed by atoms with Crippen LogP contribution in [0.15, 0.2) is 42.7 Å². The van der Waals surface area contributed by atoms with Gasteiger partial charge in [0.1, 0.15) is 5.75 Å². The first-order valence-corrected chi connectivity index (χ1v) is 7.52. The molecule has 0 unspecified atom stereocenters. The first-order chi connectivity index (χ1) is 11.2. The summed E-state index contributed by atoms with van der Waals surface area (Å²) in [6, 6.07) is 9.91. The van der Waals surface area contributed by atoms with Crippen LogP contribution in [0.3, 0.4) is 0 Å². The fraction of sp³-hybridized carbons (Fsp3) is 0.222. The number of fused-ring (bicyclic) bond motifs is 1. The molecule has 0 radical (unpaired) electrons. The molecule has 0 bridgehead atoms. The maximum atomic E-state index is 11.1. The predicted molar refractivity (Wildman–Crippen MR) is 90.5 cm³/mol. The fourth-order valence-electron chi connectivity index (χ4n) is 2.73. The fourth-order valence-corrected chi connectivity index (χ4v) is 2.73. The number of carbonyl (C=O) groups excluding carboxylic acids is 1. The third-order valence-electron chi connectivity index (χ3n) is 3.81. The Balaban J connectivity index is 2.08. The van der Waals surface area contributed by atoms with Crippen LogP contribution in [0.4, 0.5) is 0 Å². The highest BCUT2D eigenvalue weighted by Crippen LogP contribution is 2.32. The van der Waals surface area contributed by atoms with Crippen LogP contribution in [-0.2, 0) is 11.2 Å². The standard InChI is InChI=1S/C18H19N3O2/c1-12(22)20-9-7-15-16-10-14(23-2)5-6-17(16)21-18(15)13-4-3-8-19-11-13/h3-6,8,10-11,21H,7,9H2,1-2H3,(H,20,22). The van der Waals surface area contributed by atoms with E-state index in [4.69, 9.17) is 4.74 Å². The highest BCUT2D eigenvalue weighted by atomic mass is 16.5. The molecule has 23 heavy (non-hydrogen) atoms. The average molecular weight is 309 g/mol. The first-order valence-electron chi connectivity index (χ1n) is 7.52. The van der Waals surface area contributed by atoms with E-state index in [1.54, 1.807) is 13.3 Å². The molecule has 0 spiro atoms. The van der Waals surface area contributed by atoms with Crippen LogP contribution in [0.2, 0.25) is 0 Å². The Labute approximate surface area is 134 Å². The maximum Gasteiger partial charge on any atom is 0.216 e. The van der Waals surface area contributed by atoms with Crippen molar-refractivity contribution < 1.29 is 9.53 Å². The third kappa shape index (κ3) is 3.18. The summed E-state index contributed by atoms with van der Waals surface area (Å²) in [6.07, 6.45) is 4.33. The minimum Gasteiger partial charge on any atom is -0.497 e. The molecule has 2 aromatic heterocycles. The van der Waals surface area contributed by atoms with Crippen LogP contribution >= 0.6 is 0 Å². The lowest BCUT2D eigenvalue weighted by Gasteiger charge is -2.06. The van der Waals surface area contributed by atoms with Crippen molar-refractivity contribution in [3.05, 3.63) is 48.3 Å². The van der Waals surface area contributed by atoms with Gasteiger partial charge in [0.2, 0.25) is 5.91 Å². The molecule has 3 rings (SSSR count). The Hall–Kier alpha value is -2.82. The lowest BCUT2D eigenvalue weighted by atomic mass is 10.0. The molecule has 1 amide bonds. The van der Waals surface area contributed by atoms with Crippen molar-refractivity contribution >= 4 is 16.8 Å². The van der Waals surface area contributed by atoms with Gasteiger partial charge in [-0.2, -0.15) is 0 Å². The summed E-state index contributed by atoms with van der Waals surface area (Å²) in [6.45, 7) is 2.12. The molecule has 0 saturated heterocycles. The normalized spacial score (nSPS) is 10.7. The van der Waals surface area contributed by atoms with Crippen LogP contribution in [0.25, 0.3) is 22.2 Å². The van der Waals surface area contributed by atoms with Gasteiger partial charge in [0.05, 0.1) is 12.8 Å². The van der Waals surface area contributed by atoms with E-state index in [9.17, 15) is 4.79 Å². The van der Waals surface area contributed by atoms with Crippen LogP contribution in [0, 0.1) is 0 Å². The average Bonchev–Trinajstić information content (AvgIpc) is 2.93. The number of H-pyrrole nitrogens is 1. The molecule has 2 heterocycles. The van der Waals surface area contributed by atoms with Gasteiger partial charge in [-0.1, -0.05) is 0 Å². The molecule has 0 aliphatic rings. The largest absolute Gasteiger partial charge is 0.497 e. The van der Waals surface area contributed by atoms with E-state index in [-0.39, 0.29) is 5.91 Å². The molecule has 2 N–H and O–H groups in total.